The first-order valence-corrected chi connectivity index (χ1v) is 10.1. The fourth-order valence-electron chi connectivity index (χ4n) is 3.25. The number of fused-ring (bicyclic) bond motifs is 1. The monoisotopic (exact) mass is 422 g/mol. The number of hydrogen-bond donors (Lipinski definition) is 1. The third-order valence-corrected chi connectivity index (χ3v) is 5.65. The number of rotatable bonds is 5. The standard InChI is InChI=1S/C20H18N6O3S/c1-3-5-17-23-25-18(21)15(19(27)22-20(25)30-17)11-13-6-4-9-24(13)16-8-7-14(26(28)29)10-12(16)2/h4,6-11,21H,3,5H2,1-2H3/b15-11-,21-18?. The Morgan fingerprint density at radius 3 is 2.83 bits per heavy atom. The summed E-state index contributed by atoms with van der Waals surface area (Å²) in [5, 5.41) is 26.5. The van der Waals surface area contributed by atoms with Gasteiger partial charge in [0, 0.05) is 29.7 Å². The number of hydrazone groups is 1. The van der Waals surface area contributed by atoms with Crippen LogP contribution in [0.1, 0.15) is 31.0 Å². The molecule has 0 bridgehead atoms. The molecule has 2 aliphatic heterocycles. The van der Waals surface area contributed by atoms with Crippen molar-refractivity contribution in [2.45, 2.75) is 26.7 Å². The summed E-state index contributed by atoms with van der Waals surface area (Å²) in [5.41, 5.74) is 2.27. The van der Waals surface area contributed by atoms with Crippen LogP contribution >= 0.6 is 11.8 Å². The number of aliphatic imine (C=N–C) groups is 1. The van der Waals surface area contributed by atoms with E-state index in [0.717, 1.165) is 29.1 Å². The number of nitrogens with zero attached hydrogens (tertiary/aromatic N) is 5. The first-order chi connectivity index (χ1) is 14.4. The van der Waals surface area contributed by atoms with Gasteiger partial charge in [-0.3, -0.25) is 20.3 Å². The number of nitrogens with one attached hydrogen (secondary N) is 1. The van der Waals surface area contributed by atoms with Crippen molar-refractivity contribution in [3.63, 3.8) is 0 Å². The van der Waals surface area contributed by atoms with E-state index < -0.39 is 10.8 Å². The Labute approximate surface area is 176 Å². The SMILES string of the molecule is CCCC1=NN2C(=N)/C(=C/c3cccn3-c3ccc([N+](=O)[O-])cc3C)C(=O)N=C2S1. The number of thioether (sulfide) groups is 1. The normalized spacial score (nSPS) is 17.3. The quantitative estimate of drug-likeness (QED) is 0.442. The van der Waals surface area contributed by atoms with Crippen LogP contribution in [0, 0.1) is 22.4 Å². The molecule has 0 saturated heterocycles. The van der Waals surface area contributed by atoms with Gasteiger partial charge in [0.1, 0.15) is 5.04 Å². The predicted molar refractivity (Wildman–Crippen MR) is 117 cm³/mol. The third-order valence-electron chi connectivity index (χ3n) is 4.68. The zero-order chi connectivity index (χ0) is 21.4. The van der Waals surface area contributed by atoms with Crippen LogP contribution in [-0.4, -0.2) is 36.5 Å². The third kappa shape index (κ3) is 3.45. The molecule has 10 heteroatoms. The minimum atomic E-state index is -0.486. The molecule has 1 N–H and O–H groups in total. The second-order valence-electron chi connectivity index (χ2n) is 6.79. The van der Waals surface area contributed by atoms with Crippen molar-refractivity contribution in [1.29, 1.82) is 5.41 Å². The summed E-state index contributed by atoms with van der Waals surface area (Å²) in [4.78, 5) is 27.3. The fourth-order valence-corrected chi connectivity index (χ4v) is 4.24. The number of nitro benzene ring substituents is 1. The zero-order valence-electron chi connectivity index (χ0n) is 16.3. The average molecular weight is 422 g/mol. The number of benzene rings is 1. The molecule has 4 rings (SSSR count). The summed E-state index contributed by atoms with van der Waals surface area (Å²) in [6.07, 6.45) is 5.08. The van der Waals surface area contributed by atoms with E-state index in [1.165, 1.54) is 28.9 Å². The molecule has 2 aliphatic rings. The van der Waals surface area contributed by atoms with Crippen LogP contribution in [0.25, 0.3) is 11.8 Å². The van der Waals surface area contributed by atoms with E-state index >= 15 is 0 Å². The molecule has 0 spiro atoms. The molecule has 0 radical (unpaired) electrons. The number of amidine groups is 2. The van der Waals surface area contributed by atoms with E-state index in [9.17, 15) is 14.9 Å². The highest BCUT2D eigenvalue weighted by molar-refractivity contribution is 8.26. The van der Waals surface area contributed by atoms with Crippen LogP contribution in [0.3, 0.4) is 0 Å². The molecular weight excluding hydrogens is 404 g/mol. The van der Waals surface area contributed by atoms with E-state index in [0.29, 0.717) is 10.9 Å². The Morgan fingerprint density at radius 2 is 2.13 bits per heavy atom. The topological polar surface area (TPSA) is 117 Å². The molecule has 0 unspecified atom stereocenters. The van der Waals surface area contributed by atoms with Crippen molar-refractivity contribution in [2.75, 3.05) is 0 Å². The van der Waals surface area contributed by atoms with Gasteiger partial charge in [-0.2, -0.15) is 15.1 Å². The molecule has 0 saturated carbocycles. The molecule has 30 heavy (non-hydrogen) atoms. The zero-order valence-corrected chi connectivity index (χ0v) is 17.1. The Balaban J connectivity index is 1.71. The van der Waals surface area contributed by atoms with Gasteiger partial charge in [0.2, 0.25) is 5.17 Å². The van der Waals surface area contributed by atoms with Gasteiger partial charge >= 0.3 is 0 Å². The molecule has 1 aromatic heterocycles. The summed E-state index contributed by atoms with van der Waals surface area (Å²) in [7, 11) is 0. The fraction of sp³-hybridized carbons (Fsp3) is 0.200. The number of hydrogen-bond acceptors (Lipinski definition) is 6. The van der Waals surface area contributed by atoms with Crippen molar-refractivity contribution in [3.05, 3.63) is 63.5 Å². The number of carbonyl (C=O) groups excluding carboxylic acids is 1. The second-order valence-corrected chi connectivity index (χ2v) is 7.84. The van der Waals surface area contributed by atoms with Gasteiger partial charge in [0.25, 0.3) is 11.6 Å². The van der Waals surface area contributed by atoms with Crippen molar-refractivity contribution in [3.8, 4) is 5.69 Å². The number of non-ortho nitro benzene ring substituents is 1. The summed E-state index contributed by atoms with van der Waals surface area (Å²) in [6, 6.07) is 8.22. The Morgan fingerprint density at radius 1 is 1.33 bits per heavy atom. The minimum absolute atomic E-state index is 0.0155. The van der Waals surface area contributed by atoms with Crippen LogP contribution in [-0.2, 0) is 4.79 Å². The highest BCUT2D eigenvalue weighted by Crippen LogP contribution is 2.30. The Kier molecular flexibility index (Phi) is 5.08. The van der Waals surface area contributed by atoms with Gasteiger partial charge in [-0.15, -0.1) is 0 Å². The highest BCUT2D eigenvalue weighted by Gasteiger charge is 2.35. The first kappa shape index (κ1) is 19.8. The van der Waals surface area contributed by atoms with Gasteiger partial charge in [0.05, 0.1) is 10.5 Å². The molecular formula is C20H18N6O3S. The second kappa shape index (κ2) is 7.71. The number of carbonyl (C=O) groups is 1. The molecule has 3 heterocycles. The largest absolute Gasteiger partial charge is 0.317 e. The molecule has 1 aromatic carbocycles. The lowest BCUT2D eigenvalue weighted by Gasteiger charge is -2.20. The van der Waals surface area contributed by atoms with Crippen LogP contribution in [0.2, 0.25) is 0 Å². The highest BCUT2D eigenvalue weighted by atomic mass is 32.2. The number of nitro groups is 1. The lowest BCUT2D eigenvalue weighted by Crippen LogP contribution is -2.35. The van der Waals surface area contributed by atoms with Crippen LogP contribution in [0.4, 0.5) is 5.69 Å². The number of amides is 1. The molecule has 1 amide bonds. The van der Waals surface area contributed by atoms with Crippen molar-refractivity contribution in [2.24, 2.45) is 10.1 Å². The van der Waals surface area contributed by atoms with Crippen molar-refractivity contribution in [1.82, 2.24) is 9.58 Å². The Bertz CT molecular complexity index is 1180. The summed E-state index contributed by atoms with van der Waals surface area (Å²) >= 11 is 1.32. The van der Waals surface area contributed by atoms with Gasteiger partial charge < -0.3 is 4.57 Å². The average Bonchev–Trinajstić information content (AvgIpc) is 3.32. The van der Waals surface area contributed by atoms with Gasteiger partial charge in [-0.05, 0) is 61.4 Å². The van der Waals surface area contributed by atoms with Gasteiger partial charge in [-0.25, -0.2) is 0 Å². The lowest BCUT2D eigenvalue weighted by molar-refractivity contribution is -0.384. The molecule has 0 fully saturated rings. The summed E-state index contributed by atoms with van der Waals surface area (Å²) in [5.74, 6) is -0.503. The number of aromatic nitrogens is 1. The van der Waals surface area contributed by atoms with Gasteiger partial charge in [0.15, 0.2) is 5.84 Å². The van der Waals surface area contributed by atoms with Crippen molar-refractivity contribution >= 4 is 45.5 Å². The molecule has 0 atom stereocenters. The molecule has 9 nitrogen and oxygen atoms in total. The first-order valence-electron chi connectivity index (χ1n) is 9.31. The number of aryl methyl sites for hydroxylation is 1. The van der Waals surface area contributed by atoms with E-state index in [-0.39, 0.29) is 17.1 Å². The van der Waals surface area contributed by atoms with Crippen LogP contribution < -0.4 is 0 Å². The van der Waals surface area contributed by atoms with E-state index in [1.54, 1.807) is 31.3 Å². The molecule has 0 aliphatic carbocycles. The molecule has 152 valence electrons. The molecule has 2 aromatic rings. The summed E-state index contributed by atoms with van der Waals surface area (Å²) in [6.45, 7) is 3.83. The van der Waals surface area contributed by atoms with Crippen LogP contribution in [0.15, 0.2) is 52.2 Å². The Hall–Kier alpha value is -3.53. The van der Waals surface area contributed by atoms with E-state index in [1.807, 2.05) is 17.6 Å². The minimum Gasteiger partial charge on any atom is -0.317 e. The maximum Gasteiger partial charge on any atom is 0.283 e. The van der Waals surface area contributed by atoms with E-state index in [2.05, 4.69) is 10.1 Å². The van der Waals surface area contributed by atoms with Crippen LogP contribution in [0.5, 0.6) is 0 Å². The van der Waals surface area contributed by atoms with Gasteiger partial charge in [-0.1, -0.05) is 6.92 Å². The lowest BCUT2D eigenvalue weighted by atomic mass is 10.1. The van der Waals surface area contributed by atoms with E-state index in [4.69, 9.17) is 5.41 Å². The maximum atomic E-state index is 12.6. The smallest absolute Gasteiger partial charge is 0.283 e. The summed E-state index contributed by atoms with van der Waals surface area (Å²) < 4.78 is 1.82. The maximum absolute atomic E-state index is 12.6. The van der Waals surface area contributed by atoms with Crippen molar-refractivity contribution < 1.29 is 9.72 Å². The predicted octanol–water partition coefficient (Wildman–Crippen LogP) is 4.11.